The molecule has 0 saturated carbocycles. The van der Waals surface area contributed by atoms with Gasteiger partial charge in [-0.15, -0.1) is 21.5 Å². The van der Waals surface area contributed by atoms with Crippen LogP contribution >= 0.6 is 46.3 Å². The summed E-state index contributed by atoms with van der Waals surface area (Å²) in [6, 6.07) is 13.2. The van der Waals surface area contributed by atoms with Gasteiger partial charge in [-0.1, -0.05) is 53.2 Å². The summed E-state index contributed by atoms with van der Waals surface area (Å²) in [6.45, 7) is 3.00. The fraction of sp³-hybridized carbons (Fsp3) is 0.269. The number of aromatic nitrogens is 4. The van der Waals surface area contributed by atoms with Gasteiger partial charge < -0.3 is 10.6 Å². The molecule has 0 bridgehead atoms. The molecular formula is C26H24Cl2N6O2S2. The molecule has 3 heterocycles. The van der Waals surface area contributed by atoms with Gasteiger partial charge in [0.05, 0.1) is 16.5 Å². The molecule has 12 heteroatoms. The summed E-state index contributed by atoms with van der Waals surface area (Å²) in [6.07, 6.45) is 1.17. The lowest BCUT2D eigenvalue weighted by atomic mass is 9.96. The van der Waals surface area contributed by atoms with Crippen LogP contribution in [0.4, 0.5) is 0 Å². The minimum atomic E-state index is -0.302. The number of thioether (sulfide) groups is 1. The van der Waals surface area contributed by atoms with Gasteiger partial charge in [-0.25, -0.2) is 4.98 Å². The SMILES string of the molecule is Cc1ccc(Cl)cc1-n1c(SCc2nc(C(=O)N3CCC(C(N)=O)CC3)cs2)nnc1-c1ccccc1Cl. The Morgan fingerprint density at radius 2 is 1.89 bits per heavy atom. The zero-order valence-electron chi connectivity index (χ0n) is 20.4. The summed E-state index contributed by atoms with van der Waals surface area (Å²) in [5, 5.41) is 13.3. The number of primary amides is 1. The van der Waals surface area contributed by atoms with Crippen LogP contribution in [0.3, 0.4) is 0 Å². The van der Waals surface area contributed by atoms with Crippen molar-refractivity contribution in [3.8, 4) is 17.1 Å². The highest BCUT2D eigenvalue weighted by atomic mass is 35.5. The van der Waals surface area contributed by atoms with E-state index in [0.717, 1.165) is 21.8 Å². The number of amides is 2. The minimum absolute atomic E-state index is 0.126. The monoisotopic (exact) mass is 586 g/mol. The summed E-state index contributed by atoms with van der Waals surface area (Å²) in [5.74, 6) is 0.514. The number of halogens is 2. The number of carbonyl (C=O) groups is 2. The van der Waals surface area contributed by atoms with Gasteiger partial charge in [-0.05, 0) is 49.6 Å². The number of aryl methyl sites for hydroxylation is 1. The van der Waals surface area contributed by atoms with Crippen LogP contribution in [0.15, 0.2) is 53.0 Å². The smallest absolute Gasteiger partial charge is 0.273 e. The maximum absolute atomic E-state index is 13.0. The average molecular weight is 588 g/mol. The van der Waals surface area contributed by atoms with Gasteiger partial charge in [0.1, 0.15) is 10.7 Å². The molecule has 8 nitrogen and oxygen atoms in total. The number of hydrogen-bond donors (Lipinski definition) is 1. The summed E-state index contributed by atoms with van der Waals surface area (Å²) in [5.41, 5.74) is 8.44. The van der Waals surface area contributed by atoms with E-state index in [9.17, 15) is 9.59 Å². The number of hydrogen-bond acceptors (Lipinski definition) is 7. The molecule has 1 aliphatic heterocycles. The topological polar surface area (TPSA) is 107 Å². The molecule has 2 amide bonds. The van der Waals surface area contributed by atoms with E-state index in [-0.39, 0.29) is 17.7 Å². The normalized spacial score (nSPS) is 14.1. The molecule has 4 aromatic rings. The van der Waals surface area contributed by atoms with E-state index in [0.29, 0.717) is 58.4 Å². The standard InChI is InChI=1S/C26H24Cl2N6O2S2/c1-15-6-7-17(27)12-21(15)34-24(18-4-2-3-5-19(18)28)31-32-26(34)38-14-22-30-20(13-37-22)25(36)33-10-8-16(9-11-33)23(29)35/h2-7,12-13,16H,8-11,14H2,1H3,(H2,29,35). The van der Waals surface area contributed by atoms with Gasteiger partial charge >= 0.3 is 0 Å². The van der Waals surface area contributed by atoms with Crippen molar-refractivity contribution in [1.82, 2.24) is 24.6 Å². The molecular weight excluding hydrogens is 563 g/mol. The van der Waals surface area contributed by atoms with Crippen LogP contribution in [0.2, 0.25) is 10.0 Å². The van der Waals surface area contributed by atoms with Crippen molar-refractivity contribution in [3.05, 3.63) is 74.2 Å². The van der Waals surface area contributed by atoms with Gasteiger partial charge in [0.25, 0.3) is 5.91 Å². The van der Waals surface area contributed by atoms with E-state index in [1.807, 2.05) is 54.0 Å². The Labute approximate surface area is 238 Å². The van der Waals surface area contributed by atoms with Crippen molar-refractivity contribution in [2.24, 2.45) is 11.7 Å². The van der Waals surface area contributed by atoms with Crippen LogP contribution in [0, 0.1) is 12.8 Å². The molecule has 2 aromatic carbocycles. The van der Waals surface area contributed by atoms with Gasteiger partial charge in [0.2, 0.25) is 5.91 Å². The van der Waals surface area contributed by atoms with Crippen LogP contribution in [0.25, 0.3) is 17.1 Å². The Kier molecular flexibility index (Phi) is 8.04. The predicted molar refractivity (Wildman–Crippen MR) is 151 cm³/mol. The van der Waals surface area contributed by atoms with Crippen molar-refractivity contribution >= 4 is 58.1 Å². The molecule has 1 saturated heterocycles. The number of nitrogens with two attached hydrogens (primary N) is 1. The second kappa shape index (κ2) is 11.4. The molecule has 0 radical (unpaired) electrons. The number of thiazole rings is 1. The van der Waals surface area contributed by atoms with Crippen LogP contribution < -0.4 is 5.73 Å². The number of likely N-dealkylation sites (tertiary alicyclic amines) is 1. The quantitative estimate of drug-likeness (QED) is 0.281. The Bertz CT molecular complexity index is 1500. The Morgan fingerprint density at radius 1 is 1.13 bits per heavy atom. The van der Waals surface area contributed by atoms with E-state index >= 15 is 0 Å². The number of benzene rings is 2. The maximum Gasteiger partial charge on any atom is 0.273 e. The zero-order chi connectivity index (χ0) is 26.8. The first kappa shape index (κ1) is 26.7. The molecule has 1 aliphatic rings. The van der Waals surface area contributed by atoms with Gasteiger partial charge in [0, 0.05) is 35.0 Å². The molecule has 2 N–H and O–H groups in total. The van der Waals surface area contributed by atoms with Crippen LogP contribution in [-0.4, -0.2) is 49.6 Å². The first-order valence-electron chi connectivity index (χ1n) is 11.9. The van der Waals surface area contributed by atoms with E-state index in [1.165, 1.54) is 23.1 Å². The maximum atomic E-state index is 13.0. The molecule has 196 valence electrons. The van der Waals surface area contributed by atoms with Gasteiger partial charge in [0.15, 0.2) is 11.0 Å². The highest BCUT2D eigenvalue weighted by Crippen LogP contribution is 2.35. The van der Waals surface area contributed by atoms with Crippen molar-refractivity contribution in [1.29, 1.82) is 0 Å². The third kappa shape index (κ3) is 5.58. The second-order valence-corrected chi connectivity index (χ2v) is 11.7. The van der Waals surface area contributed by atoms with Crippen LogP contribution in [-0.2, 0) is 10.5 Å². The van der Waals surface area contributed by atoms with Gasteiger partial charge in [-0.2, -0.15) is 0 Å². The number of piperidine rings is 1. The molecule has 1 fully saturated rings. The molecule has 0 spiro atoms. The van der Waals surface area contributed by atoms with Crippen molar-refractivity contribution in [2.45, 2.75) is 30.7 Å². The number of rotatable bonds is 7. The predicted octanol–water partition coefficient (Wildman–Crippen LogP) is 5.64. The van der Waals surface area contributed by atoms with Gasteiger partial charge in [-0.3, -0.25) is 14.2 Å². The summed E-state index contributed by atoms with van der Waals surface area (Å²) in [4.78, 5) is 30.7. The highest BCUT2D eigenvalue weighted by Gasteiger charge is 2.28. The summed E-state index contributed by atoms with van der Waals surface area (Å²) < 4.78 is 1.95. The van der Waals surface area contributed by atoms with E-state index in [1.54, 1.807) is 10.3 Å². The minimum Gasteiger partial charge on any atom is -0.369 e. The van der Waals surface area contributed by atoms with E-state index in [4.69, 9.17) is 28.9 Å². The highest BCUT2D eigenvalue weighted by molar-refractivity contribution is 7.98. The first-order valence-corrected chi connectivity index (χ1v) is 14.6. The Hall–Kier alpha value is -2.92. The van der Waals surface area contributed by atoms with Crippen molar-refractivity contribution in [3.63, 3.8) is 0 Å². The third-order valence-electron chi connectivity index (χ3n) is 6.44. The van der Waals surface area contributed by atoms with E-state index in [2.05, 4.69) is 15.2 Å². The van der Waals surface area contributed by atoms with Crippen molar-refractivity contribution < 1.29 is 9.59 Å². The van der Waals surface area contributed by atoms with E-state index < -0.39 is 0 Å². The molecule has 0 atom stereocenters. The Balaban J connectivity index is 1.37. The molecule has 2 aromatic heterocycles. The van der Waals surface area contributed by atoms with Crippen LogP contribution in [0.1, 0.15) is 33.9 Å². The molecule has 0 unspecified atom stereocenters. The fourth-order valence-corrected chi connectivity index (χ4v) is 6.47. The number of nitrogens with zero attached hydrogens (tertiary/aromatic N) is 5. The first-order chi connectivity index (χ1) is 18.3. The fourth-order valence-electron chi connectivity index (χ4n) is 4.35. The van der Waals surface area contributed by atoms with Crippen molar-refractivity contribution in [2.75, 3.05) is 13.1 Å². The molecule has 0 aliphatic carbocycles. The third-order valence-corrected chi connectivity index (χ3v) is 8.98. The lowest BCUT2D eigenvalue weighted by Gasteiger charge is -2.30. The summed E-state index contributed by atoms with van der Waals surface area (Å²) in [7, 11) is 0. The Morgan fingerprint density at radius 3 is 2.63 bits per heavy atom. The second-order valence-electron chi connectivity index (χ2n) is 8.94. The lowest BCUT2D eigenvalue weighted by Crippen LogP contribution is -2.41. The van der Waals surface area contributed by atoms with Crippen LogP contribution in [0.5, 0.6) is 0 Å². The molecule has 5 rings (SSSR count). The average Bonchev–Trinajstić information content (AvgIpc) is 3.56. The molecule has 38 heavy (non-hydrogen) atoms. The zero-order valence-corrected chi connectivity index (χ0v) is 23.6. The lowest BCUT2D eigenvalue weighted by molar-refractivity contribution is -0.123. The summed E-state index contributed by atoms with van der Waals surface area (Å²) >= 11 is 15.8. The largest absolute Gasteiger partial charge is 0.369 e. The number of carbonyl (C=O) groups excluding carboxylic acids is 2.